The van der Waals surface area contributed by atoms with Crippen LogP contribution in [-0.2, 0) is 6.42 Å². The molecule has 0 unspecified atom stereocenters. The van der Waals surface area contributed by atoms with Gasteiger partial charge in [0.2, 0.25) is 0 Å². The summed E-state index contributed by atoms with van der Waals surface area (Å²) in [5, 5.41) is 10.9. The van der Waals surface area contributed by atoms with Gasteiger partial charge in [0.15, 0.2) is 0 Å². The molecule has 1 aliphatic rings. The molecule has 0 bridgehead atoms. The van der Waals surface area contributed by atoms with E-state index in [9.17, 15) is 0 Å². The molecule has 0 saturated heterocycles. The van der Waals surface area contributed by atoms with Crippen LogP contribution in [0.1, 0.15) is 5.56 Å². The molecule has 3 nitrogen and oxygen atoms in total. The summed E-state index contributed by atoms with van der Waals surface area (Å²) in [7, 11) is 0. The molecule has 3 heteroatoms. The summed E-state index contributed by atoms with van der Waals surface area (Å²) < 4.78 is 0. The van der Waals surface area contributed by atoms with E-state index in [1.807, 2.05) is 11.1 Å². The van der Waals surface area contributed by atoms with Crippen molar-refractivity contribution in [3.8, 4) is 0 Å². The zero-order valence-corrected chi connectivity index (χ0v) is 7.53. The Morgan fingerprint density at radius 1 is 1.38 bits per heavy atom. The highest BCUT2D eigenvalue weighted by Gasteiger charge is 2.14. The van der Waals surface area contributed by atoms with Gasteiger partial charge in [-0.15, -0.1) is 0 Å². The van der Waals surface area contributed by atoms with Gasteiger partial charge in [-0.05, 0) is 18.1 Å². The molecule has 0 spiro atoms. The molecule has 0 atom stereocenters. The molecule has 1 aromatic carbocycles. The van der Waals surface area contributed by atoms with E-state index in [0.717, 1.165) is 13.0 Å². The summed E-state index contributed by atoms with van der Waals surface area (Å²) in [5.41, 5.74) is 5.80. The third kappa shape index (κ3) is 1.66. The lowest BCUT2D eigenvalue weighted by atomic mass is 10.1. The number of hydrogen-bond donors (Lipinski definition) is 2. The summed E-state index contributed by atoms with van der Waals surface area (Å²) in [6, 6.07) is 8.30. The molecule has 1 aromatic rings. The number of rotatable bonds is 2. The minimum absolute atomic E-state index is 0.182. The normalized spacial score (nSPS) is 15.6. The van der Waals surface area contributed by atoms with E-state index < -0.39 is 0 Å². The average molecular weight is 178 g/mol. The Labute approximate surface area is 78.0 Å². The number of aliphatic hydroxyl groups excluding tert-OH is 1. The molecule has 0 fully saturated rings. The third-order valence-electron chi connectivity index (χ3n) is 2.30. The second-order valence-corrected chi connectivity index (χ2v) is 3.16. The lowest BCUT2D eigenvalue weighted by Gasteiger charge is -2.31. The topological polar surface area (TPSA) is 35.5 Å². The maximum Gasteiger partial charge on any atom is 0.0622 e. The molecule has 70 valence electrons. The van der Waals surface area contributed by atoms with Gasteiger partial charge < -0.3 is 10.1 Å². The van der Waals surface area contributed by atoms with Crippen LogP contribution >= 0.6 is 0 Å². The molecule has 2 rings (SSSR count). The third-order valence-corrected chi connectivity index (χ3v) is 2.30. The van der Waals surface area contributed by atoms with Gasteiger partial charge in [-0.25, -0.2) is 5.43 Å². The number of anilines is 1. The number of para-hydroxylation sites is 1. The lowest BCUT2D eigenvalue weighted by Crippen LogP contribution is -2.44. The summed E-state index contributed by atoms with van der Waals surface area (Å²) in [4.78, 5) is 0. The predicted molar refractivity (Wildman–Crippen MR) is 52.6 cm³/mol. The second-order valence-electron chi connectivity index (χ2n) is 3.16. The van der Waals surface area contributed by atoms with Gasteiger partial charge in [-0.2, -0.15) is 0 Å². The predicted octanol–water partition coefficient (Wildman–Crippen LogP) is 0.546. The van der Waals surface area contributed by atoms with Crippen LogP contribution in [0.4, 0.5) is 5.69 Å². The molecule has 0 aliphatic carbocycles. The Balaban J connectivity index is 2.26. The quantitative estimate of drug-likeness (QED) is 0.694. The fourth-order valence-electron chi connectivity index (χ4n) is 1.70. The molecule has 13 heavy (non-hydrogen) atoms. The van der Waals surface area contributed by atoms with Crippen molar-refractivity contribution in [3.05, 3.63) is 29.8 Å². The number of aliphatic hydroxyl groups is 1. The van der Waals surface area contributed by atoms with E-state index in [1.54, 1.807) is 0 Å². The van der Waals surface area contributed by atoms with E-state index in [0.29, 0.717) is 6.54 Å². The SMILES string of the molecule is OCCN1NCCc2ccccc21. The standard InChI is InChI=1S/C10H14N2O/c13-8-7-12-10-4-2-1-3-9(10)5-6-11-12/h1-4,11,13H,5-8H2. The van der Waals surface area contributed by atoms with Crippen LogP contribution in [0.25, 0.3) is 0 Å². The van der Waals surface area contributed by atoms with E-state index in [-0.39, 0.29) is 6.61 Å². The molecular weight excluding hydrogens is 164 g/mol. The largest absolute Gasteiger partial charge is 0.394 e. The van der Waals surface area contributed by atoms with Crippen LogP contribution < -0.4 is 10.4 Å². The maximum atomic E-state index is 8.86. The van der Waals surface area contributed by atoms with E-state index >= 15 is 0 Å². The van der Waals surface area contributed by atoms with Crippen LogP contribution in [0.5, 0.6) is 0 Å². The van der Waals surface area contributed by atoms with E-state index in [1.165, 1.54) is 11.3 Å². The smallest absolute Gasteiger partial charge is 0.0622 e. The first kappa shape index (κ1) is 8.53. The zero-order chi connectivity index (χ0) is 9.10. The molecule has 0 amide bonds. The Morgan fingerprint density at radius 2 is 2.23 bits per heavy atom. The lowest BCUT2D eigenvalue weighted by molar-refractivity contribution is 0.296. The van der Waals surface area contributed by atoms with Crippen molar-refractivity contribution in [2.24, 2.45) is 0 Å². The minimum atomic E-state index is 0.182. The first-order valence-corrected chi connectivity index (χ1v) is 4.61. The van der Waals surface area contributed by atoms with Crippen LogP contribution in [0.3, 0.4) is 0 Å². The fourth-order valence-corrected chi connectivity index (χ4v) is 1.70. The van der Waals surface area contributed by atoms with Crippen molar-refractivity contribution in [2.75, 3.05) is 24.7 Å². The van der Waals surface area contributed by atoms with Crippen LogP contribution in [-0.4, -0.2) is 24.8 Å². The number of benzene rings is 1. The van der Waals surface area contributed by atoms with Gasteiger partial charge >= 0.3 is 0 Å². The molecule has 0 aromatic heterocycles. The number of fused-ring (bicyclic) bond motifs is 1. The van der Waals surface area contributed by atoms with E-state index in [4.69, 9.17) is 5.11 Å². The van der Waals surface area contributed by atoms with Gasteiger partial charge in [0.25, 0.3) is 0 Å². The number of hydrogen-bond acceptors (Lipinski definition) is 3. The van der Waals surface area contributed by atoms with Crippen LogP contribution in [0, 0.1) is 0 Å². The molecule has 0 saturated carbocycles. The Morgan fingerprint density at radius 3 is 3.08 bits per heavy atom. The molecule has 1 aliphatic heterocycles. The summed E-state index contributed by atoms with van der Waals surface area (Å²) in [6.07, 6.45) is 1.07. The average Bonchev–Trinajstić information content (AvgIpc) is 2.19. The number of nitrogens with zero attached hydrogens (tertiary/aromatic N) is 1. The highest BCUT2D eigenvalue weighted by atomic mass is 16.3. The number of nitrogens with one attached hydrogen (secondary N) is 1. The number of β-amino-alcohol motifs (C(OH)–C–C–N with tert-alkyl or cyclic N) is 1. The van der Waals surface area contributed by atoms with Crippen LogP contribution in [0.15, 0.2) is 24.3 Å². The first-order valence-electron chi connectivity index (χ1n) is 4.61. The van der Waals surface area contributed by atoms with Gasteiger partial charge in [0.05, 0.1) is 18.8 Å². The molecular formula is C10H14N2O. The van der Waals surface area contributed by atoms with Crippen molar-refractivity contribution >= 4 is 5.69 Å². The highest BCUT2D eigenvalue weighted by Crippen LogP contribution is 2.21. The summed E-state index contributed by atoms with van der Waals surface area (Å²) in [5.74, 6) is 0. The van der Waals surface area contributed by atoms with Crippen molar-refractivity contribution in [3.63, 3.8) is 0 Å². The van der Waals surface area contributed by atoms with E-state index in [2.05, 4.69) is 23.6 Å². The highest BCUT2D eigenvalue weighted by molar-refractivity contribution is 5.54. The molecule has 1 heterocycles. The van der Waals surface area contributed by atoms with Crippen molar-refractivity contribution in [1.29, 1.82) is 0 Å². The van der Waals surface area contributed by atoms with Crippen molar-refractivity contribution in [1.82, 2.24) is 5.43 Å². The Kier molecular flexibility index (Phi) is 2.47. The number of hydrazine groups is 1. The van der Waals surface area contributed by atoms with Crippen LogP contribution in [0.2, 0.25) is 0 Å². The summed E-state index contributed by atoms with van der Waals surface area (Å²) in [6.45, 7) is 1.79. The second kappa shape index (κ2) is 3.77. The van der Waals surface area contributed by atoms with Gasteiger partial charge in [0.1, 0.15) is 0 Å². The Hall–Kier alpha value is -1.06. The van der Waals surface area contributed by atoms with Gasteiger partial charge in [-0.3, -0.25) is 0 Å². The van der Waals surface area contributed by atoms with Crippen molar-refractivity contribution < 1.29 is 5.11 Å². The molecule has 0 radical (unpaired) electrons. The maximum absolute atomic E-state index is 8.86. The monoisotopic (exact) mass is 178 g/mol. The molecule has 2 N–H and O–H groups in total. The summed E-state index contributed by atoms with van der Waals surface area (Å²) >= 11 is 0. The van der Waals surface area contributed by atoms with Gasteiger partial charge in [-0.1, -0.05) is 18.2 Å². The first-order chi connectivity index (χ1) is 6.42. The minimum Gasteiger partial charge on any atom is -0.394 e. The Bertz CT molecular complexity index is 288. The fraction of sp³-hybridized carbons (Fsp3) is 0.400. The van der Waals surface area contributed by atoms with Gasteiger partial charge in [0, 0.05) is 6.54 Å². The zero-order valence-electron chi connectivity index (χ0n) is 7.53. The van der Waals surface area contributed by atoms with Crippen molar-refractivity contribution in [2.45, 2.75) is 6.42 Å².